The number of rotatable bonds is 2. The van der Waals surface area contributed by atoms with Gasteiger partial charge in [-0.15, -0.1) is 24.0 Å². The van der Waals surface area contributed by atoms with Gasteiger partial charge in [-0.1, -0.05) is 0 Å². The highest BCUT2D eigenvalue weighted by Gasteiger charge is 2.00. The van der Waals surface area contributed by atoms with Gasteiger partial charge in [-0.3, -0.25) is 4.99 Å². The minimum Gasteiger partial charge on any atom is -0.359 e. The number of hydrogen-bond donors (Lipinski definition) is 2. The third kappa shape index (κ3) is 6.22. The Bertz CT molecular complexity index is 173. The van der Waals surface area contributed by atoms with Gasteiger partial charge >= 0.3 is 0 Å². The molecule has 0 aliphatic carbocycles. The van der Waals surface area contributed by atoms with Crippen LogP contribution in [-0.2, 0) is 0 Å². The Balaban J connectivity index is 0. The second kappa shape index (κ2) is 8.59. The first-order chi connectivity index (χ1) is 5.24. The average molecular weight is 282 g/mol. The number of hydrogen-bond acceptors (Lipinski definition) is 2. The number of aliphatic imine (C=N–C) groups is 1. The minimum atomic E-state index is 0. The summed E-state index contributed by atoms with van der Waals surface area (Å²) in [5, 5.41) is 14.2. The largest absolute Gasteiger partial charge is 0.359 e. The summed E-state index contributed by atoms with van der Waals surface area (Å²) in [6.07, 6.45) is 0.487. The van der Waals surface area contributed by atoms with Crippen molar-refractivity contribution in [3.8, 4) is 6.07 Å². The van der Waals surface area contributed by atoms with Crippen LogP contribution in [0.3, 0.4) is 0 Å². The topological polar surface area (TPSA) is 60.2 Å². The molecular formula is C7H15IN4. The highest BCUT2D eigenvalue weighted by molar-refractivity contribution is 14.0. The second-order valence-corrected chi connectivity index (χ2v) is 2.23. The standard InChI is InChI=1S/C7H14N4.HI/c1-6(4-5-8)11-7(9-2)10-3;/h6H,4H2,1-3H3,(H2,9,10,11);1H. The quantitative estimate of drug-likeness (QED) is 0.445. The lowest BCUT2D eigenvalue weighted by atomic mass is 10.3. The molecule has 70 valence electrons. The Morgan fingerprint density at radius 3 is 2.58 bits per heavy atom. The molecule has 0 rings (SSSR count). The lowest BCUT2D eigenvalue weighted by Gasteiger charge is -2.12. The van der Waals surface area contributed by atoms with Crippen LogP contribution in [0.25, 0.3) is 0 Å². The molecule has 0 saturated heterocycles. The van der Waals surface area contributed by atoms with Crippen molar-refractivity contribution in [1.82, 2.24) is 10.6 Å². The molecule has 1 atom stereocenters. The summed E-state index contributed by atoms with van der Waals surface area (Å²) in [5.41, 5.74) is 0. The van der Waals surface area contributed by atoms with Crippen LogP contribution in [0.5, 0.6) is 0 Å². The molecule has 12 heavy (non-hydrogen) atoms. The predicted octanol–water partition coefficient (Wildman–Crippen LogP) is 0.701. The van der Waals surface area contributed by atoms with Gasteiger partial charge in [0.15, 0.2) is 5.96 Å². The van der Waals surface area contributed by atoms with E-state index in [1.807, 2.05) is 6.92 Å². The molecule has 0 fully saturated rings. The molecular weight excluding hydrogens is 267 g/mol. The predicted molar refractivity (Wildman–Crippen MR) is 60.7 cm³/mol. The number of guanidine groups is 1. The van der Waals surface area contributed by atoms with Gasteiger partial charge in [-0.05, 0) is 6.92 Å². The van der Waals surface area contributed by atoms with Crippen LogP contribution in [-0.4, -0.2) is 26.1 Å². The highest BCUT2D eigenvalue weighted by Crippen LogP contribution is 1.86. The Morgan fingerprint density at radius 1 is 1.67 bits per heavy atom. The fourth-order valence-electron chi connectivity index (χ4n) is 0.670. The summed E-state index contributed by atoms with van der Waals surface area (Å²) in [4.78, 5) is 3.91. The molecule has 0 saturated carbocycles. The van der Waals surface area contributed by atoms with E-state index in [2.05, 4.69) is 21.7 Å². The monoisotopic (exact) mass is 282 g/mol. The van der Waals surface area contributed by atoms with Crippen LogP contribution >= 0.6 is 24.0 Å². The number of nitrogens with one attached hydrogen (secondary N) is 2. The van der Waals surface area contributed by atoms with E-state index in [1.54, 1.807) is 14.1 Å². The molecule has 2 N–H and O–H groups in total. The zero-order valence-corrected chi connectivity index (χ0v) is 9.92. The van der Waals surface area contributed by atoms with Crippen LogP contribution in [0.1, 0.15) is 13.3 Å². The van der Waals surface area contributed by atoms with Crippen molar-refractivity contribution in [2.75, 3.05) is 14.1 Å². The van der Waals surface area contributed by atoms with Crippen LogP contribution < -0.4 is 10.6 Å². The van der Waals surface area contributed by atoms with E-state index < -0.39 is 0 Å². The van der Waals surface area contributed by atoms with Crippen molar-refractivity contribution >= 4 is 29.9 Å². The zero-order chi connectivity index (χ0) is 8.69. The van der Waals surface area contributed by atoms with Crippen molar-refractivity contribution in [1.29, 1.82) is 5.26 Å². The fraction of sp³-hybridized carbons (Fsp3) is 0.714. The van der Waals surface area contributed by atoms with E-state index >= 15 is 0 Å². The van der Waals surface area contributed by atoms with Gasteiger partial charge in [-0.2, -0.15) is 5.26 Å². The minimum absolute atomic E-state index is 0. The van der Waals surface area contributed by atoms with E-state index in [9.17, 15) is 0 Å². The van der Waals surface area contributed by atoms with Crippen molar-refractivity contribution in [3.63, 3.8) is 0 Å². The van der Waals surface area contributed by atoms with E-state index in [-0.39, 0.29) is 30.0 Å². The summed E-state index contributed by atoms with van der Waals surface area (Å²) in [5.74, 6) is 0.716. The molecule has 0 aromatic carbocycles. The molecule has 0 aliphatic heterocycles. The highest BCUT2D eigenvalue weighted by atomic mass is 127. The van der Waals surface area contributed by atoms with Crippen molar-refractivity contribution in [2.45, 2.75) is 19.4 Å². The molecule has 0 aromatic rings. The first-order valence-electron chi connectivity index (χ1n) is 3.52. The lowest BCUT2D eigenvalue weighted by molar-refractivity contribution is 0.666. The Hall–Kier alpha value is -0.510. The van der Waals surface area contributed by atoms with Gasteiger partial charge in [0, 0.05) is 20.1 Å². The third-order valence-electron chi connectivity index (χ3n) is 1.24. The first kappa shape index (κ1) is 14.0. The third-order valence-corrected chi connectivity index (χ3v) is 1.24. The van der Waals surface area contributed by atoms with Gasteiger partial charge in [0.2, 0.25) is 0 Å². The number of halogens is 1. The molecule has 0 bridgehead atoms. The smallest absolute Gasteiger partial charge is 0.190 e. The molecule has 0 spiro atoms. The van der Waals surface area contributed by atoms with E-state index in [0.29, 0.717) is 12.4 Å². The Morgan fingerprint density at radius 2 is 2.25 bits per heavy atom. The lowest BCUT2D eigenvalue weighted by Crippen LogP contribution is -2.40. The molecule has 0 aromatic heterocycles. The van der Waals surface area contributed by atoms with Crippen LogP contribution in [0.4, 0.5) is 0 Å². The van der Waals surface area contributed by atoms with Gasteiger partial charge in [-0.25, -0.2) is 0 Å². The molecule has 0 heterocycles. The molecule has 0 amide bonds. The van der Waals surface area contributed by atoms with Crippen molar-refractivity contribution in [3.05, 3.63) is 0 Å². The zero-order valence-electron chi connectivity index (χ0n) is 7.59. The summed E-state index contributed by atoms with van der Waals surface area (Å²) in [6.45, 7) is 1.94. The maximum Gasteiger partial charge on any atom is 0.190 e. The summed E-state index contributed by atoms with van der Waals surface area (Å²) >= 11 is 0. The average Bonchev–Trinajstić information content (AvgIpc) is 2.01. The Labute approximate surface area is 90.5 Å². The second-order valence-electron chi connectivity index (χ2n) is 2.23. The maximum absolute atomic E-state index is 8.34. The summed E-state index contributed by atoms with van der Waals surface area (Å²) < 4.78 is 0. The number of nitrogens with zero attached hydrogens (tertiary/aromatic N) is 2. The SMILES string of the molecule is CN=C(NC)NC(C)CC#N.I. The van der Waals surface area contributed by atoms with Crippen LogP contribution in [0.15, 0.2) is 4.99 Å². The van der Waals surface area contributed by atoms with E-state index in [4.69, 9.17) is 5.26 Å². The molecule has 0 aliphatic rings. The van der Waals surface area contributed by atoms with Gasteiger partial charge < -0.3 is 10.6 Å². The van der Waals surface area contributed by atoms with Gasteiger partial charge in [0.05, 0.1) is 12.5 Å². The molecule has 5 heteroatoms. The summed E-state index contributed by atoms with van der Waals surface area (Å²) in [6, 6.07) is 2.22. The van der Waals surface area contributed by atoms with Crippen LogP contribution in [0.2, 0.25) is 0 Å². The fourth-order valence-corrected chi connectivity index (χ4v) is 0.670. The molecule has 1 unspecified atom stereocenters. The van der Waals surface area contributed by atoms with E-state index in [0.717, 1.165) is 0 Å². The van der Waals surface area contributed by atoms with Crippen molar-refractivity contribution in [2.24, 2.45) is 4.99 Å². The van der Waals surface area contributed by atoms with Crippen LogP contribution in [0, 0.1) is 11.3 Å². The van der Waals surface area contributed by atoms with Gasteiger partial charge in [0.1, 0.15) is 0 Å². The summed E-state index contributed by atoms with van der Waals surface area (Å²) in [7, 11) is 3.48. The number of nitriles is 1. The van der Waals surface area contributed by atoms with E-state index in [1.165, 1.54) is 0 Å². The normalized spacial score (nSPS) is 12.3. The van der Waals surface area contributed by atoms with Crippen molar-refractivity contribution < 1.29 is 0 Å². The van der Waals surface area contributed by atoms with Gasteiger partial charge in [0.25, 0.3) is 0 Å². The maximum atomic E-state index is 8.34. The Kier molecular flexibility index (Phi) is 10.0. The molecule has 4 nitrogen and oxygen atoms in total. The molecule has 0 radical (unpaired) electrons. The first-order valence-corrected chi connectivity index (χ1v) is 3.52.